The molecule has 0 saturated carbocycles. The van der Waals surface area contributed by atoms with Crippen LogP contribution in [0.4, 0.5) is 13.2 Å². The van der Waals surface area contributed by atoms with Crippen LogP contribution in [0.2, 0.25) is 5.02 Å². The molecule has 3 nitrogen and oxygen atoms in total. The highest BCUT2D eigenvalue weighted by molar-refractivity contribution is 6.33. The maximum absolute atomic E-state index is 13.4. The van der Waals surface area contributed by atoms with Crippen LogP contribution in [0.1, 0.15) is 11.1 Å². The summed E-state index contributed by atoms with van der Waals surface area (Å²) < 4.78 is 51.2. The van der Waals surface area contributed by atoms with Gasteiger partial charge in [-0.3, -0.25) is 5.11 Å². The van der Waals surface area contributed by atoms with Gasteiger partial charge in [0.15, 0.2) is 17.2 Å². The standard InChI is InChI=1S/C20H13ClF3O3/c1-12-7-5-6-10-15(12)27-16-11-14(25)17(20(22,23)24)19(18(16)21)26-13-8-3-2-4-9-13/h2-11H,1H3. The number of ether oxygens (including phenoxy) is 2. The van der Waals surface area contributed by atoms with Gasteiger partial charge in [-0.15, -0.1) is 0 Å². The smallest absolute Gasteiger partial charge is 0.423 e. The Labute approximate surface area is 158 Å². The second-order valence-electron chi connectivity index (χ2n) is 5.67. The minimum atomic E-state index is -4.94. The number of alkyl halides is 3. The second kappa shape index (κ2) is 7.40. The minimum absolute atomic E-state index is 0.109. The molecule has 0 aliphatic rings. The fraction of sp³-hybridized carbons (Fsp3) is 0.100. The Balaban J connectivity index is 2.13. The van der Waals surface area contributed by atoms with E-state index in [2.05, 4.69) is 0 Å². The monoisotopic (exact) mass is 393 g/mol. The molecule has 3 aromatic carbocycles. The Morgan fingerprint density at radius 3 is 2.15 bits per heavy atom. The van der Waals surface area contributed by atoms with Crippen molar-refractivity contribution in [1.82, 2.24) is 0 Å². The summed E-state index contributed by atoms with van der Waals surface area (Å²) in [5.41, 5.74) is -0.750. The summed E-state index contributed by atoms with van der Waals surface area (Å²) in [6.45, 7) is 1.76. The molecule has 0 saturated heterocycles. The van der Waals surface area contributed by atoms with Gasteiger partial charge < -0.3 is 9.47 Å². The van der Waals surface area contributed by atoms with E-state index < -0.39 is 28.3 Å². The van der Waals surface area contributed by atoms with E-state index in [-0.39, 0.29) is 11.5 Å². The Bertz CT molecular complexity index is 957. The molecule has 3 rings (SSSR count). The van der Waals surface area contributed by atoms with E-state index in [1.807, 2.05) is 0 Å². The van der Waals surface area contributed by atoms with Gasteiger partial charge in [0.25, 0.3) is 0 Å². The van der Waals surface area contributed by atoms with Crippen LogP contribution in [0.3, 0.4) is 0 Å². The van der Waals surface area contributed by atoms with Crippen LogP contribution in [-0.2, 0) is 11.3 Å². The Kier molecular flexibility index (Phi) is 5.19. The van der Waals surface area contributed by atoms with E-state index >= 15 is 0 Å². The SMILES string of the molecule is Cc1ccccc1Oc1cc([O])c(C(F)(F)F)c(Oc2ccccc2)c1Cl. The van der Waals surface area contributed by atoms with E-state index in [4.69, 9.17) is 21.1 Å². The number of aryl methyl sites for hydroxylation is 1. The molecular weight excluding hydrogens is 381 g/mol. The maximum atomic E-state index is 13.4. The lowest BCUT2D eigenvalue weighted by Gasteiger charge is -2.18. The normalized spacial score (nSPS) is 11.3. The quantitative estimate of drug-likeness (QED) is 0.463. The van der Waals surface area contributed by atoms with Gasteiger partial charge in [0, 0.05) is 6.07 Å². The summed E-state index contributed by atoms with van der Waals surface area (Å²) in [4.78, 5) is 0. The maximum Gasteiger partial charge on any atom is 0.423 e. The minimum Gasteiger partial charge on any atom is -0.455 e. The van der Waals surface area contributed by atoms with Crippen LogP contribution in [0.15, 0.2) is 60.7 Å². The number of benzene rings is 3. The average molecular weight is 394 g/mol. The molecule has 0 amide bonds. The van der Waals surface area contributed by atoms with Crippen LogP contribution >= 0.6 is 11.6 Å². The van der Waals surface area contributed by atoms with Gasteiger partial charge in [-0.2, -0.15) is 13.2 Å². The third kappa shape index (κ3) is 4.11. The first-order valence-electron chi connectivity index (χ1n) is 7.84. The zero-order valence-corrected chi connectivity index (χ0v) is 14.8. The summed E-state index contributed by atoms with van der Waals surface area (Å²) in [7, 11) is 0. The summed E-state index contributed by atoms with van der Waals surface area (Å²) in [6, 6.07) is 15.3. The van der Waals surface area contributed by atoms with E-state index in [1.165, 1.54) is 12.1 Å². The first-order valence-corrected chi connectivity index (χ1v) is 8.22. The number of hydrogen-bond donors (Lipinski definition) is 0. The van der Waals surface area contributed by atoms with Crippen molar-refractivity contribution in [2.24, 2.45) is 0 Å². The molecule has 0 aliphatic heterocycles. The van der Waals surface area contributed by atoms with E-state index in [1.54, 1.807) is 49.4 Å². The molecule has 7 heteroatoms. The Hall–Kier alpha value is -2.86. The van der Waals surface area contributed by atoms with Gasteiger partial charge in [0.05, 0.1) is 0 Å². The largest absolute Gasteiger partial charge is 0.455 e. The molecule has 0 atom stereocenters. The highest BCUT2D eigenvalue weighted by atomic mass is 35.5. The van der Waals surface area contributed by atoms with Gasteiger partial charge in [-0.05, 0) is 30.7 Å². The molecule has 1 radical (unpaired) electrons. The van der Waals surface area contributed by atoms with Crippen LogP contribution in [-0.4, -0.2) is 0 Å². The zero-order chi connectivity index (χ0) is 19.6. The lowest BCUT2D eigenvalue weighted by molar-refractivity contribution is -0.140. The lowest BCUT2D eigenvalue weighted by atomic mass is 10.1. The fourth-order valence-electron chi connectivity index (χ4n) is 2.42. The lowest BCUT2D eigenvalue weighted by Crippen LogP contribution is -2.08. The Morgan fingerprint density at radius 2 is 1.52 bits per heavy atom. The molecule has 0 spiro atoms. The van der Waals surface area contributed by atoms with Crippen molar-refractivity contribution >= 4 is 11.6 Å². The topological polar surface area (TPSA) is 38.4 Å². The Morgan fingerprint density at radius 1 is 0.889 bits per heavy atom. The molecular formula is C20H13ClF3O3. The highest BCUT2D eigenvalue weighted by Gasteiger charge is 2.41. The van der Waals surface area contributed by atoms with Crippen molar-refractivity contribution in [1.29, 1.82) is 0 Å². The highest BCUT2D eigenvalue weighted by Crippen LogP contribution is 2.51. The molecule has 0 heterocycles. The molecule has 27 heavy (non-hydrogen) atoms. The summed E-state index contributed by atoms with van der Waals surface area (Å²) >= 11 is 6.16. The van der Waals surface area contributed by atoms with Crippen LogP contribution in [0.5, 0.6) is 28.7 Å². The van der Waals surface area contributed by atoms with Crippen molar-refractivity contribution in [3.05, 3.63) is 76.8 Å². The molecule has 3 aromatic rings. The van der Waals surface area contributed by atoms with E-state index in [0.717, 1.165) is 11.6 Å². The predicted molar refractivity (Wildman–Crippen MR) is 94.4 cm³/mol. The van der Waals surface area contributed by atoms with Crippen LogP contribution in [0.25, 0.3) is 0 Å². The average Bonchev–Trinajstić information content (AvgIpc) is 2.60. The third-order valence-corrected chi connectivity index (χ3v) is 4.07. The molecule has 0 fully saturated rings. The third-order valence-electron chi connectivity index (χ3n) is 3.71. The molecule has 0 bridgehead atoms. The van der Waals surface area contributed by atoms with Crippen LogP contribution in [0, 0.1) is 6.92 Å². The molecule has 0 N–H and O–H groups in total. The first-order chi connectivity index (χ1) is 12.8. The predicted octanol–water partition coefficient (Wildman–Crippen LogP) is 7.40. The van der Waals surface area contributed by atoms with E-state index in [9.17, 15) is 18.3 Å². The zero-order valence-electron chi connectivity index (χ0n) is 14.0. The van der Waals surface area contributed by atoms with Gasteiger partial charge in [0.1, 0.15) is 22.1 Å². The number of para-hydroxylation sites is 2. The van der Waals surface area contributed by atoms with Gasteiger partial charge in [-0.25, -0.2) is 0 Å². The second-order valence-corrected chi connectivity index (χ2v) is 6.05. The summed E-state index contributed by atoms with van der Waals surface area (Å²) in [6.07, 6.45) is -4.94. The first kappa shape index (κ1) is 18.9. The molecule has 0 unspecified atom stereocenters. The van der Waals surface area contributed by atoms with Gasteiger partial charge in [-0.1, -0.05) is 48.0 Å². The van der Waals surface area contributed by atoms with E-state index in [0.29, 0.717) is 5.75 Å². The van der Waals surface area contributed by atoms with Gasteiger partial charge in [0.2, 0.25) is 0 Å². The molecule has 139 valence electrons. The number of rotatable bonds is 4. The number of halogens is 4. The van der Waals surface area contributed by atoms with Crippen molar-refractivity contribution < 1.29 is 27.8 Å². The number of hydrogen-bond acceptors (Lipinski definition) is 2. The van der Waals surface area contributed by atoms with Crippen molar-refractivity contribution in [2.75, 3.05) is 0 Å². The van der Waals surface area contributed by atoms with Crippen molar-refractivity contribution in [3.63, 3.8) is 0 Å². The summed E-state index contributed by atoms with van der Waals surface area (Å²) in [5, 5.41) is 11.8. The van der Waals surface area contributed by atoms with Crippen molar-refractivity contribution in [3.8, 4) is 28.7 Å². The van der Waals surface area contributed by atoms with Crippen LogP contribution < -0.4 is 9.47 Å². The van der Waals surface area contributed by atoms with Gasteiger partial charge >= 0.3 is 6.18 Å². The molecule has 0 aromatic heterocycles. The fourth-order valence-corrected chi connectivity index (χ4v) is 2.65. The summed E-state index contributed by atoms with van der Waals surface area (Å²) in [5.74, 6) is -1.82. The molecule has 0 aliphatic carbocycles. The van der Waals surface area contributed by atoms with Crippen molar-refractivity contribution in [2.45, 2.75) is 13.1 Å².